The van der Waals surface area contributed by atoms with Crippen molar-refractivity contribution in [2.24, 2.45) is 0 Å². The molecule has 1 aliphatic heterocycles. The van der Waals surface area contributed by atoms with Gasteiger partial charge in [-0.3, -0.25) is 19.7 Å². The SMILES string of the molecule is COc1cc(OC)c(Cl)c(-c2ccc(C(=O)Nc3ccc(CN4CCCCC4)nc3)c3ncccc23)c1Cl. The van der Waals surface area contributed by atoms with Gasteiger partial charge in [-0.15, -0.1) is 0 Å². The van der Waals surface area contributed by atoms with Gasteiger partial charge in [-0.2, -0.15) is 0 Å². The molecule has 4 aromatic rings. The number of likely N-dealkylation sites (tertiary alicyclic amines) is 1. The van der Waals surface area contributed by atoms with Crippen molar-refractivity contribution in [1.82, 2.24) is 14.9 Å². The molecule has 1 aliphatic rings. The summed E-state index contributed by atoms with van der Waals surface area (Å²) in [6, 6.07) is 12.7. The fourth-order valence-corrected chi connectivity index (χ4v) is 5.54. The molecule has 1 saturated heterocycles. The highest BCUT2D eigenvalue weighted by molar-refractivity contribution is 6.41. The summed E-state index contributed by atoms with van der Waals surface area (Å²) in [6.07, 6.45) is 7.11. The number of amides is 1. The maximum absolute atomic E-state index is 13.3. The fraction of sp³-hybridized carbons (Fsp3) is 0.276. The summed E-state index contributed by atoms with van der Waals surface area (Å²) in [4.78, 5) is 24.8. The Morgan fingerprint density at radius 1 is 0.974 bits per heavy atom. The molecule has 2 aromatic carbocycles. The normalized spacial score (nSPS) is 13.9. The summed E-state index contributed by atoms with van der Waals surface area (Å²) in [7, 11) is 3.06. The number of fused-ring (bicyclic) bond motifs is 1. The first kappa shape index (κ1) is 26.2. The molecule has 196 valence electrons. The quantitative estimate of drug-likeness (QED) is 0.271. The first-order valence-electron chi connectivity index (χ1n) is 12.5. The Morgan fingerprint density at radius 2 is 1.71 bits per heavy atom. The first-order valence-corrected chi connectivity index (χ1v) is 13.2. The molecular formula is C29H28Cl2N4O3. The minimum absolute atomic E-state index is 0.286. The minimum atomic E-state index is -0.286. The maximum Gasteiger partial charge on any atom is 0.257 e. The van der Waals surface area contributed by atoms with Crippen LogP contribution < -0.4 is 14.8 Å². The van der Waals surface area contributed by atoms with Crippen molar-refractivity contribution in [3.63, 3.8) is 0 Å². The smallest absolute Gasteiger partial charge is 0.257 e. The van der Waals surface area contributed by atoms with Crippen molar-refractivity contribution >= 4 is 45.7 Å². The van der Waals surface area contributed by atoms with Gasteiger partial charge in [0.2, 0.25) is 0 Å². The van der Waals surface area contributed by atoms with E-state index in [2.05, 4.69) is 20.2 Å². The molecule has 38 heavy (non-hydrogen) atoms. The summed E-state index contributed by atoms with van der Waals surface area (Å²) < 4.78 is 10.9. The van der Waals surface area contributed by atoms with Gasteiger partial charge >= 0.3 is 0 Å². The third-order valence-electron chi connectivity index (χ3n) is 6.77. The number of aromatic nitrogens is 2. The van der Waals surface area contributed by atoms with Gasteiger partial charge in [-0.1, -0.05) is 41.8 Å². The largest absolute Gasteiger partial charge is 0.495 e. The summed E-state index contributed by atoms with van der Waals surface area (Å²) in [5, 5.41) is 4.36. The number of rotatable bonds is 7. The molecule has 2 aromatic heterocycles. The monoisotopic (exact) mass is 550 g/mol. The molecule has 0 saturated carbocycles. The number of ether oxygens (including phenoxy) is 2. The van der Waals surface area contributed by atoms with Gasteiger partial charge in [-0.05, 0) is 55.8 Å². The summed E-state index contributed by atoms with van der Waals surface area (Å²) >= 11 is 13.4. The van der Waals surface area contributed by atoms with Gasteiger partial charge in [0.1, 0.15) is 11.5 Å². The molecule has 3 heterocycles. The average molecular weight is 551 g/mol. The van der Waals surface area contributed by atoms with E-state index >= 15 is 0 Å². The topological polar surface area (TPSA) is 76.6 Å². The van der Waals surface area contributed by atoms with E-state index in [1.807, 2.05) is 24.3 Å². The number of benzene rings is 2. The van der Waals surface area contributed by atoms with Gasteiger partial charge in [-0.25, -0.2) is 0 Å². The zero-order valence-corrected chi connectivity index (χ0v) is 22.8. The molecule has 0 atom stereocenters. The molecule has 1 amide bonds. The van der Waals surface area contributed by atoms with Crippen LogP contribution in [0.5, 0.6) is 11.5 Å². The molecular weight excluding hydrogens is 523 g/mol. The van der Waals surface area contributed by atoms with E-state index in [0.717, 1.165) is 25.3 Å². The lowest BCUT2D eigenvalue weighted by Crippen LogP contribution is -2.29. The number of carbonyl (C=O) groups excluding carboxylic acids is 1. The zero-order valence-electron chi connectivity index (χ0n) is 21.3. The van der Waals surface area contributed by atoms with Crippen LogP contribution in [0.3, 0.4) is 0 Å². The number of hydrogen-bond acceptors (Lipinski definition) is 6. The minimum Gasteiger partial charge on any atom is -0.495 e. The number of nitrogens with zero attached hydrogens (tertiary/aromatic N) is 3. The van der Waals surface area contributed by atoms with E-state index < -0.39 is 0 Å². The van der Waals surface area contributed by atoms with E-state index in [9.17, 15) is 4.79 Å². The Labute approximate surface area is 231 Å². The Balaban J connectivity index is 1.45. The molecule has 0 radical (unpaired) electrons. The number of anilines is 1. The summed E-state index contributed by atoms with van der Waals surface area (Å²) in [5.74, 6) is 0.572. The Kier molecular flexibility index (Phi) is 7.98. The van der Waals surface area contributed by atoms with Gasteiger partial charge in [0.15, 0.2) is 0 Å². The molecule has 7 nitrogen and oxygen atoms in total. The number of halogens is 2. The van der Waals surface area contributed by atoms with Crippen LogP contribution in [0.2, 0.25) is 10.0 Å². The van der Waals surface area contributed by atoms with Crippen LogP contribution in [0.15, 0.2) is 54.9 Å². The number of hydrogen-bond donors (Lipinski definition) is 1. The second kappa shape index (κ2) is 11.6. The number of carbonyl (C=O) groups is 1. The number of nitrogens with one attached hydrogen (secondary N) is 1. The fourth-order valence-electron chi connectivity index (χ4n) is 4.83. The lowest BCUT2D eigenvalue weighted by Gasteiger charge is -2.25. The van der Waals surface area contributed by atoms with Crippen molar-refractivity contribution < 1.29 is 14.3 Å². The molecule has 1 fully saturated rings. The highest BCUT2D eigenvalue weighted by Crippen LogP contribution is 2.47. The van der Waals surface area contributed by atoms with E-state index in [4.69, 9.17) is 32.7 Å². The van der Waals surface area contributed by atoms with E-state index in [1.165, 1.54) is 33.5 Å². The molecule has 0 spiro atoms. The lowest BCUT2D eigenvalue weighted by molar-refractivity contribution is 0.102. The van der Waals surface area contributed by atoms with E-state index in [1.54, 1.807) is 30.6 Å². The first-order chi connectivity index (χ1) is 18.5. The van der Waals surface area contributed by atoms with Gasteiger partial charge in [0.05, 0.1) is 52.9 Å². The molecule has 1 N–H and O–H groups in total. The van der Waals surface area contributed by atoms with Gasteiger partial charge in [0, 0.05) is 29.8 Å². The Morgan fingerprint density at radius 3 is 2.37 bits per heavy atom. The Hall–Kier alpha value is -3.39. The van der Waals surface area contributed by atoms with Gasteiger partial charge in [0.25, 0.3) is 5.91 Å². The van der Waals surface area contributed by atoms with Crippen molar-refractivity contribution in [2.45, 2.75) is 25.8 Å². The van der Waals surface area contributed by atoms with Crippen LogP contribution in [0.4, 0.5) is 5.69 Å². The number of piperidine rings is 1. The van der Waals surface area contributed by atoms with Crippen molar-refractivity contribution in [3.05, 3.63) is 76.2 Å². The van der Waals surface area contributed by atoms with Crippen LogP contribution >= 0.6 is 23.2 Å². The molecule has 0 bridgehead atoms. The molecule has 5 rings (SSSR count). The standard InChI is InChI=1S/C29H28Cl2N4O3/c1-37-23-15-24(38-2)27(31)25(26(23)30)20-10-11-22(28-21(20)7-6-12-32-28)29(36)34-18-8-9-19(33-16-18)17-35-13-4-3-5-14-35/h6-12,15-16H,3-5,13-14,17H2,1-2H3,(H,34,36). The third kappa shape index (κ3) is 5.27. The van der Waals surface area contributed by atoms with Crippen molar-refractivity contribution in [1.29, 1.82) is 0 Å². The summed E-state index contributed by atoms with van der Waals surface area (Å²) in [5.41, 5.74) is 3.80. The highest BCUT2D eigenvalue weighted by Gasteiger charge is 2.22. The molecule has 0 unspecified atom stereocenters. The second-order valence-corrected chi connectivity index (χ2v) is 9.93. The Bertz CT molecular complexity index is 1440. The van der Waals surface area contributed by atoms with Crippen molar-refractivity contribution in [2.75, 3.05) is 32.6 Å². The summed E-state index contributed by atoms with van der Waals surface area (Å²) in [6.45, 7) is 3.04. The van der Waals surface area contributed by atoms with Crippen LogP contribution in [0.1, 0.15) is 35.3 Å². The number of pyridine rings is 2. The molecule has 9 heteroatoms. The van der Waals surface area contributed by atoms with E-state index in [0.29, 0.717) is 54.8 Å². The second-order valence-electron chi connectivity index (χ2n) is 9.17. The maximum atomic E-state index is 13.3. The number of methoxy groups -OCH3 is 2. The van der Waals surface area contributed by atoms with Crippen LogP contribution in [0, 0.1) is 0 Å². The van der Waals surface area contributed by atoms with Crippen LogP contribution in [-0.2, 0) is 6.54 Å². The predicted molar refractivity (Wildman–Crippen MR) is 152 cm³/mol. The van der Waals surface area contributed by atoms with Gasteiger partial charge < -0.3 is 14.8 Å². The predicted octanol–water partition coefficient (Wildman–Crippen LogP) is 6.86. The third-order valence-corrected chi connectivity index (χ3v) is 7.52. The molecule has 0 aliphatic carbocycles. The zero-order chi connectivity index (χ0) is 26.6. The van der Waals surface area contributed by atoms with Crippen LogP contribution in [-0.4, -0.2) is 48.1 Å². The lowest BCUT2D eigenvalue weighted by atomic mass is 9.96. The average Bonchev–Trinajstić information content (AvgIpc) is 2.95. The van der Waals surface area contributed by atoms with E-state index in [-0.39, 0.29) is 5.91 Å². The van der Waals surface area contributed by atoms with Crippen molar-refractivity contribution in [3.8, 4) is 22.6 Å². The van der Waals surface area contributed by atoms with Crippen LogP contribution in [0.25, 0.3) is 22.0 Å². The highest BCUT2D eigenvalue weighted by atomic mass is 35.5.